The highest BCUT2D eigenvalue weighted by molar-refractivity contribution is 7.12. The summed E-state index contributed by atoms with van der Waals surface area (Å²) in [4.78, 5) is 25.5. The fourth-order valence-electron chi connectivity index (χ4n) is 2.40. The number of amides is 2. The second-order valence-electron chi connectivity index (χ2n) is 5.99. The largest absolute Gasteiger partial charge is 0.423 e. The van der Waals surface area contributed by atoms with Crippen LogP contribution >= 0.6 is 11.3 Å². The van der Waals surface area contributed by atoms with Crippen molar-refractivity contribution in [2.45, 2.75) is 19.9 Å². The van der Waals surface area contributed by atoms with Crippen LogP contribution in [0.3, 0.4) is 0 Å². The monoisotopic (exact) mass is 370 g/mol. The Hall–Kier alpha value is -3.00. The molecule has 2 amide bonds. The van der Waals surface area contributed by atoms with Gasteiger partial charge in [0, 0.05) is 11.3 Å². The Bertz CT molecular complexity index is 876. The van der Waals surface area contributed by atoms with E-state index in [1.165, 1.54) is 17.7 Å². The lowest BCUT2D eigenvalue weighted by Crippen LogP contribution is -2.46. The maximum absolute atomic E-state index is 12.7. The van der Waals surface area contributed by atoms with Crippen LogP contribution in [0.2, 0.25) is 0 Å². The summed E-state index contributed by atoms with van der Waals surface area (Å²) in [6.45, 7) is 3.77. The third-order valence-corrected chi connectivity index (χ3v) is 4.59. The summed E-state index contributed by atoms with van der Waals surface area (Å²) in [5, 5.41) is 15.0. The van der Waals surface area contributed by atoms with Gasteiger partial charge in [0.2, 0.25) is 18.2 Å². The number of benzene rings is 1. The second-order valence-corrected chi connectivity index (χ2v) is 6.93. The van der Waals surface area contributed by atoms with E-state index in [0.717, 1.165) is 0 Å². The zero-order valence-electron chi connectivity index (χ0n) is 14.3. The van der Waals surface area contributed by atoms with Crippen molar-refractivity contribution < 1.29 is 14.0 Å². The van der Waals surface area contributed by atoms with Crippen LogP contribution in [0.1, 0.15) is 23.5 Å². The molecule has 0 fully saturated rings. The number of carbonyl (C=O) groups excluding carboxylic acids is 2. The molecule has 0 radical (unpaired) electrons. The highest BCUT2D eigenvalue weighted by atomic mass is 32.1. The maximum Gasteiger partial charge on any atom is 0.262 e. The van der Waals surface area contributed by atoms with Crippen molar-refractivity contribution in [1.82, 2.24) is 15.5 Å². The van der Waals surface area contributed by atoms with Crippen LogP contribution in [-0.2, 0) is 4.79 Å². The number of nitrogens with zero attached hydrogens (tertiary/aromatic N) is 2. The normalized spacial score (nSPS) is 12.0. The molecule has 1 atom stereocenters. The molecule has 26 heavy (non-hydrogen) atoms. The summed E-state index contributed by atoms with van der Waals surface area (Å²) in [7, 11) is 0. The highest BCUT2D eigenvalue weighted by Crippen LogP contribution is 2.21. The summed E-state index contributed by atoms with van der Waals surface area (Å²) >= 11 is 1.33. The van der Waals surface area contributed by atoms with E-state index < -0.39 is 6.04 Å². The summed E-state index contributed by atoms with van der Waals surface area (Å²) < 4.78 is 5.17. The molecule has 7 nitrogen and oxygen atoms in total. The van der Waals surface area contributed by atoms with E-state index in [4.69, 9.17) is 4.42 Å². The number of rotatable bonds is 6. The van der Waals surface area contributed by atoms with Gasteiger partial charge in [-0.2, -0.15) is 0 Å². The van der Waals surface area contributed by atoms with E-state index in [2.05, 4.69) is 20.8 Å². The summed E-state index contributed by atoms with van der Waals surface area (Å²) in [5.74, 6) is -0.244. The van der Waals surface area contributed by atoms with Gasteiger partial charge >= 0.3 is 0 Å². The molecule has 2 N–H and O–H groups in total. The van der Waals surface area contributed by atoms with Gasteiger partial charge < -0.3 is 15.1 Å². The van der Waals surface area contributed by atoms with Crippen molar-refractivity contribution in [3.8, 4) is 11.5 Å². The molecule has 3 rings (SSSR count). The molecular weight excluding hydrogens is 352 g/mol. The Labute approximate surface area is 154 Å². The maximum atomic E-state index is 12.7. The molecule has 0 saturated carbocycles. The van der Waals surface area contributed by atoms with Gasteiger partial charge in [-0.3, -0.25) is 9.59 Å². The first-order valence-electron chi connectivity index (χ1n) is 8.06. The molecule has 0 bridgehead atoms. The minimum atomic E-state index is -0.656. The van der Waals surface area contributed by atoms with E-state index in [1.54, 1.807) is 30.3 Å². The predicted octanol–water partition coefficient (Wildman–Crippen LogP) is 3.19. The molecule has 0 aliphatic rings. The van der Waals surface area contributed by atoms with Gasteiger partial charge in [-0.1, -0.05) is 26.0 Å². The molecule has 0 spiro atoms. The quantitative estimate of drug-likeness (QED) is 0.694. The Morgan fingerprint density at radius 2 is 2.04 bits per heavy atom. The zero-order chi connectivity index (χ0) is 18.5. The molecule has 1 unspecified atom stereocenters. The zero-order valence-corrected chi connectivity index (χ0v) is 15.1. The van der Waals surface area contributed by atoms with Crippen LogP contribution < -0.4 is 10.6 Å². The fraction of sp³-hybridized carbons (Fsp3) is 0.222. The van der Waals surface area contributed by atoms with Gasteiger partial charge in [-0.15, -0.1) is 21.5 Å². The van der Waals surface area contributed by atoms with Gasteiger partial charge in [0.05, 0.1) is 4.88 Å². The van der Waals surface area contributed by atoms with Crippen LogP contribution in [0.5, 0.6) is 0 Å². The number of carbonyl (C=O) groups is 2. The summed E-state index contributed by atoms with van der Waals surface area (Å²) in [5.41, 5.74) is 1.28. The SMILES string of the molecule is CC(C)C(NC(=O)c1cccs1)C(=O)Nc1cccc(-c2nnco2)c1. The van der Waals surface area contributed by atoms with Gasteiger partial charge in [0.1, 0.15) is 6.04 Å². The molecule has 0 aliphatic carbocycles. The van der Waals surface area contributed by atoms with E-state index >= 15 is 0 Å². The van der Waals surface area contributed by atoms with E-state index in [0.29, 0.717) is 22.0 Å². The number of hydrogen-bond donors (Lipinski definition) is 2. The van der Waals surface area contributed by atoms with Gasteiger partial charge in [-0.25, -0.2) is 0 Å². The number of thiophene rings is 1. The average molecular weight is 370 g/mol. The lowest BCUT2D eigenvalue weighted by atomic mass is 10.0. The molecule has 3 aromatic rings. The third-order valence-electron chi connectivity index (χ3n) is 3.72. The Morgan fingerprint density at radius 3 is 2.69 bits per heavy atom. The lowest BCUT2D eigenvalue weighted by Gasteiger charge is -2.21. The van der Waals surface area contributed by atoms with Crippen molar-refractivity contribution in [1.29, 1.82) is 0 Å². The number of nitrogens with one attached hydrogen (secondary N) is 2. The lowest BCUT2D eigenvalue weighted by molar-refractivity contribution is -0.118. The smallest absolute Gasteiger partial charge is 0.262 e. The van der Waals surface area contributed by atoms with E-state index in [-0.39, 0.29) is 17.7 Å². The fourth-order valence-corrected chi connectivity index (χ4v) is 3.03. The van der Waals surface area contributed by atoms with Crippen molar-refractivity contribution in [2.24, 2.45) is 5.92 Å². The molecule has 1 aromatic carbocycles. The second kappa shape index (κ2) is 7.92. The first-order chi connectivity index (χ1) is 12.5. The highest BCUT2D eigenvalue weighted by Gasteiger charge is 2.25. The molecule has 0 saturated heterocycles. The van der Waals surface area contributed by atoms with E-state index in [1.807, 2.05) is 25.3 Å². The van der Waals surface area contributed by atoms with Crippen molar-refractivity contribution in [3.63, 3.8) is 0 Å². The van der Waals surface area contributed by atoms with Gasteiger partial charge in [0.25, 0.3) is 5.91 Å². The van der Waals surface area contributed by atoms with Crippen LogP contribution in [-0.4, -0.2) is 28.1 Å². The van der Waals surface area contributed by atoms with Crippen LogP contribution in [0, 0.1) is 5.92 Å². The van der Waals surface area contributed by atoms with Crippen molar-refractivity contribution in [2.75, 3.05) is 5.32 Å². The average Bonchev–Trinajstić information content (AvgIpc) is 3.32. The molecule has 2 heterocycles. The molecule has 8 heteroatoms. The van der Waals surface area contributed by atoms with Crippen LogP contribution in [0.25, 0.3) is 11.5 Å². The molecule has 134 valence electrons. The predicted molar refractivity (Wildman–Crippen MR) is 98.8 cm³/mol. The van der Waals surface area contributed by atoms with E-state index in [9.17, 15) is 9.59 Å². The van der Waals surface area contributed by atoms with Crippen LogP contribution in [0.15, 0.2) is 52.6 Å². The van der Waals surface area contributed by atoms with Crippen molar-refractivity contribution >= 4 is 28.8 Å². The van der Waals surface area contributed by atoms with Gasteiger partial charge in [0.15, 0.2) is 0 Å². The third kappa shape index (κ3) is 4.15. The summed E-state index contributed by atoms with van der Waals surface area (Å²) in [6.07, 6.45) is 1.25. The Morgan fingerprint density at radius 1 is 1.19 bits per heavy atom. The minimum Gasteiger partial charge on any atom is -0.423 e. The van der Waals surface area contributed by atoms with Gasteiger partial charge in [-0.05, 0) is 35.6 Å². The van der Waals surface area contributed by atoms with Crippen molar-refractivity contribution in [3.05, 3.63) is 53.0 Å². The minimum absolute atomic E-state index is 0.0713. The molecule has 0 aliphatic heterocycles. The standard InChI is InChI=1S/C18H18N4O3S/c1-11(2)15(21-16(23)14-7-4-8-26-14)17(24)20-13-6-3-5-12(9-13)18-22-19-10-25-18/h3-11,15H,1-2H3,(H,20,24)(H,21,23). The summed E-state index contributed by atoms with van der Waals surface area (Å²) in [6, 6.07) is 9.96. The molecular formula is C18H18N4O3S. The first-order valence-corrected chi connectivity index (χ1v) is 8.94. The Kier molecular flexibility index (Phi) is 5.43. The first kappa shape index (κ1) is 17.8. The number of aromatic nitrogens is 2. The number of hydrogen-bond acceptors (Lipinski definition) is 6. The molecule has 2 aromatic heterocycles. The number of anilines is 1. The topological polar surface area (TPSA) is 97.1 Å². The van der Waals surface area contributed by atoms with Crippen LogP contribution in [0.4, 0.5) is 5.69 Å². The Balaban J connectivity index is 1.72.